The first-order valence-electron chi connectivity index (χ1n) is 12.6. The zero-order valence-electron chi connectivity index (χ0n) is 21.2. The van der Waals surface area contributed by atoms with Gasteiger partial charge in [-0.1, -0.05) is 6.07 Å². The first kappa shape index (κ1) is 26.9. The number of anilines is 1. The molecule has 2 fully saturated rings. The summed E-state index contributed by atoms with van der Waals surface area (Å²) in [6.07, 6.45) is -0.694. The average molecular weight is 523 g/mol. The number of thiazole rings is 1. The van der Waals surface area contributed by atoms with Gasteiger partial charge in [-0.25, -0.2) is 13.8 Å². The normalized spacial score (nSPS) is 23.9. The minimum atomic E-state index is -2.75. The lowest BCUT2D eigenvalue weighted by atomic mass is 10.0. The van der Waals surface area contributed by atoms with Gasteiger partial charge in [0.1, 0.15) is 5.69 Å². The van der Waals surface area contributed by atoms with E-state index in [4.69, 9.17) is 0 Å². The van der Waals surface area contributed by atoms with Gasteiger partial charge in [-0.3, -0.25) is 9.69 Å². The van der Waals surface area contributed by atoms with Crippen LogP contribution in [0.4, 0.5) is 14.5 Å². The number of alkyl halides is 2. The SMILES string of the molecule is C[C@H]1CCCN1C(O)c1nc(C(=O)N[C@H]2CC[C@H](O)C2)sc1-c1ccc(NC(C)(C)C)cc1C(F)F. The van der Waals surface area contributed by atoms with Crippen molar-refractivity contribution >= 4 is 22.9 Å². The Morgan fingerprint density at radius 1 is 1.25 bits per heavy atom. The molecule has 1 aliphatic carbocycles. The van der Waals surface area contributed by atoms with Gasteiger partial charge in [-0.05, 0) is 71.9 Å². The molecular weight excluding hydrogens is 486 g/mol. The number of hydrogen-bond donors (Lipinski definition) is 4. The second kappa shape index (κ2) is 10.7. The van der Waals surface area contributed by atoms with E-state index in [1.165, 1.54) is 6.07 Å². The van der Waals surface area contributed by atoms with Gasteiger partial charge in [-0.2, -0.15) is 0 Å². The quantitative estimate of drug-likeness (QED) is 0.405. The number of nitrogens with zero attached hydrogens (tertiary/aromatic N) is 2. The second-order valence-corrected chi connectivity index (χ2v) is 12.0. The summed E-state index contributed by atoms with van der Waals surface area (Å²) in [5, 5.41) is 27.3. The van der Waals surface area contributed by atoms with Gasteiger partial charge in [0, 0.05) is 41.0 Å². The predicted molar refractivity (Wildman–Crippen MR) is 137 cm³/mol. The number of hydrogen-bond acceptors (Lipinski definition) is 7. The molecule has 1 amide bonds. The third kappa shape index (κ3) is 6.04. The van der Waals surface area contributed by atoms with Crippen LogP contribution in [0.3, 0.4) is 0 Å². The van der Waals surface area contributed by atoms with Crippen LogP contribution in [0.5, 0.6) is 0 Å². The highest BCUT2D eigenvalue weighted by atomic mass is 32.1. The fourth-order valence-electron chi connectivity index (χ4n) is 5.07. The van der Waals surface area contributed by atoms with Crippen molar-refractivity contribution in [1.29, 1.82) is 0 Å². The lowest BCUT2D eigenvalue weighted by Crippen LogP contribution is -2.34. The maximum Gasteiger partial charge on any atom is 0.280 e. The molecule has 2 heterocycles. The van der Waals surface area contributed by atoms with Crippen LogP contribution in [0.15, 0.2) is 18.2 Å². The van der Waals surface area contributed by atoms with E-state index in [2.05, 4.69) is 15.6 Å². The number of nitrogens with one attached hydrogen (secondary N) is 2. The highest BCUT2D eigenvalue weighted by Gasteiger charge is 2.34. The van der Waals surface area contributed by atoms with Crippen molar-refractivity contribution in [2.75, 3.05) is 11.9 Å². The summed E-state index contributed by atoms with van der Waals surface area (Å²) >= 11 is 1.02. The Balaban J connectivity index is 1.74. The van der Waals surface area contributed by atoms with E-state index in [9.17, 15) is 23.8 Å². The van der Waals surface area contributed by atoms with Crippen LogP contribution in [0, 0.1) is 0 Å². The molecule has 4 N–H and O–H groups in total. The van der Waals surface area contributed by atoms with E-state index in [0.29, 0.717) is 36.4 Å². The molecule has 4 rings (SSSR count). The van der Waals surface area contributed by atoms with Crippen LogP contribution in [-0.2, 0) is 0 Å². The first-order chi connectivity index (χ1) is 16.9. The van der Waals surface area contributed by atoms with E-state index in [1.54, 1.807) is 12.1 Å². The number of amides is 1. The number of aliphatic hydroxyl groups excluding tert-OH is 2. The molecule has 0 spiro atoms. The van der Waals surface area contributed by atoms with E-state index in [0.717, 1.165) is 24.2 Å². The minimum Gasteiger partial charge on any atom is -0.393 e. The molecular formula is C26H36F2N4O3S. The van der Waals surface area contributed by atoms with Crippen LogP contribution < -0.4 is 10.6 Å². The summed E-state index contributed by atoms with van der Waals surface area (Å²) in [5.41, 5.74) is 0.570. The molecule has 7 nitrogen and oxygen atoms in total. The minimum absolute atomic E-state index is 0.111. The van der Waals surface area contributed by atoms with Crippen molar-refractivity contribution in [3.8, 4) is 10.4 Å². The molecule has 1 saturated heterocycles. The van der Waals surface area contributed by atoms with Gasteiger partial charge in [0.05, 0.1) is 11.0 Å². The molecule has 1 aliphatic heterocycles. The summed E-state index contributed by atoms with van der Waals surface area (Å²) in [6, 6.07) is 4.73. The molecule has 0 radical (unpaired) electrons. The average Bonchev–Trinajstić information content (AvgIpc) is 3.52. The predicted octanol–water partition coefficient (Wildman–Crippen LogP) is 5.08. The largest absolute Gasteiger partial charge is 0.393 e. The number of carbonyl (C=O) groups is 1. The molecule has 2 aliphatic rings. The molecule has 1 unspecified atom stereocenters. The number of aliphatic hydroxyl groups is 2. The van der Waals surface area contributed by atoms with Gasteiger partial charge < -0.3 is 20.8 Å². The number of halogens is 2. The van der Waals surface area contributed by atoms with Crippen molar-refractivity contribution in [3.05, 3.63) is 34.5 Å². The number of carbonyl (C=O) groups excluding carboxylic acids is 1. The lowest BCUT2D eigenvalue weighted by Gasteiger charge is -2.27. The molecule has 198 valence electrons. The third-order valence-electron chi connectivity index (χ3n) is 6.80. The van der Waals surface area contributed by atoms with Gasteiger partial charge >= 0.3 is 0 Å². The van der Waals surface area contributed by atoms with Crippen LogP contribution in [0.2, 0.25) is 0 Å². The van der Waals surface area contributed by atoms with Gasteiger partial charge in [0.2, 0.25) is 0 Å². The zero-order chi connectivity index (χ0) is 26.2. The lowest BCUT2D eigenvalue weighted by molar-refractivity contribution is -0.00523. The molecule has 0 bridgehead atoms. The van der Waals surface area contributed by atoms with Crippen molar-refractivity contribution in [2.45, 2.75) is 96.2 Å². The number of rotatable bonds is 7. The fourth-order valence-corrected chi connectivity index (χ4v) is 6.11. The van der Waals surface area contributed by atoms with E-state index in [-0.39, 0.29) is 39.5 Å². The smallest absolute Gasteiger partial charge is 0.280 e. The molecule has 4 atom stereocenters. The zero-order valence-corrected chi connectivity index (χ0v) is 22.0. The van der Waals surface area contributed by atoms with Crippen molar-refractivity contribution in [3.63, 3.8) is 0 Å². The summed E-state index contributed by atoms with van der Waals surface area (Å²) < 4.78 is 28.6. The van der Waals surface area contributed by atoms with E-state index < -0.39 is 24.7 Å². The molecule has 1 aromatic carbocycles. The van der Waals surface area contributed by atoms with Crippen molar-refractivity contribution in [2.24, 2.45) is 0 Å². The Kier molecular flexibility index (Phi) is 7.99. The highest BCUT2D eigenvalue weighted by molar-refractivity contribution is 7.17. The Morgan fingerprint density at radius 3 is 2.58 bits per heavy atom. The third-order valence-corrected chi connectivity index (χ3v) is 7.90. The van der Waals surface area contributed by atoms with E-state index >= 15 is 0 Å². The molecule has 10 heteroatoms. The number of aromatic nitrogens is 1. The van der Waals surface area contributed by atoms with Crippen molar-refractivity contribution < 1.29 is 23.8 Å². The molecule has 1 saturated carbocycles. The standard InChI is InChI=1S/C26H36F2N4O3S/c1-14-6-5-11-32(14)25(35)20-21(36-24(30-20)23(34)29-15-7-9-17(33)12-15)18-10-8-16(31-26(2,3)4)13-19(18)22(27)28/h8,10,13-15,17,22,25,31,33,35H,5-7,9,11-12H2,1-4H3,(H,29,34)/t14-,15-,17-,25?/m0/s1. The Bertz CT molecular complexity index is 1090. The van der Waals surface area contributed by atoms with Gasteiger partial charge in [-0.15, -0.1) is 11.3 Å². The molecule has 36 heavy (non-hydrogen) atoms. The summed E-state index contributed by atoms with van der Waals surface area (Å²) in [6.45, 7) is 8.53. The monoisotopic (exact) mass is 522 g/mol. The summed E-state index contributed by atoms with van der Waals surface area (Å²) in [4.78, 5) is 19.8. The summed E-state index contributed by atoms with van der Waals surface area (Å²) in [7, 11) is 0. The van der Waals surface area contributed by atoms with Crippen LogP contribution in [-0.4, -0.2) is 56.3 Å². The molecule has 1 aromatic heterocycles. The molecule has 2 aromatic rings. The first-order valence-corrected chi connectivity index (χ1v) is 13.4. The Morgan fingerprint density at radius 2 is 2.00 bits per heavy atom. The maximum absolute atomic E-state index is 14.3. The second-order valence-electron chi connectivity index (χ2n) is 11.0. The number of likely N-dealkylation sites (tertiary alicyclic amines) is 1. The van der Waals surface area contributed by atoms with Gasteiger partial charge in [0.25, 0.3) is 12.3 Å². The highest BCUT2D eigenvalue weighted by Crippen LogP contribution is 2.42. The van der Waals surface area contributed by atoms with Crippen LogP contribution in [0.1, 0.15) is 93.5 Å². The fraction of sp³-hybridized carbons (Fsp3) is 0.615. The topological polar surface area (TPSA) is 97.7 Å². The van der Waals surface area contributed by atoms with Crippen LogP contribution in [0.25, 0.3) is 10.4 Å². The maximum atomic E-state index is 14.3. The van der Waals surface area contributed by atoms with Crippen LogP contribution >= 0.6 is 11.3 Å². The van der Waals surface area contributed by atoms with Gasteiger partial charge in [0.15, 0.2) is 11.2 Å². The van der Waals surface area contributed by atoms with Crippen molar-refractivity contribution in [1.82, 2.24) is 15.2 Å². The number of benzene rings is 1. The summed E-state index contributed by atoms with van der Waals surface area (Å²) in [5.74, 6) is -0.419. The Hall–Kier alpha value is -2.14. The Labute approximate surface area is 214 Å². The van der Waals surface area contributed by atoms with E-state index in [1.807, 2.05) is 32.6 Å².